The Labute approximate surface area is 196 Å². The summed E-state index contributed by atoms with van der Waals surface area (Å²) in [4.78, 5) is 12.3. The first-order valence-electron chi connectivity index (χ1n) is 9.24. The van der Waals surface area contributed by atoms with Gasteiger partial charge in [-0.25, -0.2) is 9.82 Å². The van der Waals surface area contributed by atoms with E-state index in [-0.39, 0.29) is 17.1 Å². The zero-order valence-electron chi connectivity index (χ0n) is 16.7. The topological polar surface area (TPSA) is 70.9 Å². The lowest BCUT2D eigenvalue weighted by atomic mass is 10.1. The molecule has 160 valence electrons. The van der Waals surface area contributed by atoms with Crippen LogP contribution < -0.4 is 10.2 Å². The maximum atomic E-state index is 13.0. The Balaban J connectivity index is 1.67. The number of rotatable bonds is 6. The second-order valence-electron chi connectivity index (χ2n) is 6.88. The third-order valence-electron chi connectivity index (χ3n) is 4.43. The van der Waals surface area contributed by atoms with Crippen molar-refractivity contribution in [1.82, 2.24) is 5.43 Å². The van der Waals surface area contributed by atoms with E-state index in [0.717, 1.165) is 28.0 Å². The standard InChI is InChI=1S/C23H19Br2FN2O3/c1-13-7-16(8-14(2)22(13)31-12-15-3-5-18(26)6-4-15)11-27-28-23(30)19-9-17(24)10-20(25)21(19)29/h3-11,29H,12H2,1-2H3,(H,28,30)/b27-11-. The van der Waals surface area contributed by atoms with Gasteiger partial charge in [-0.2, -0.15) is 5.10 Å². The number of hydrazone groups is 1. The van der Waals surface area contributed by atoms with Crippen molar-refractivity contribution in [2.75, 3.05) is 0 Å². The molecule has 3 aromatic carbocycles. The van der Waals surface area contributed by atoms with Gasteiger partial charge in [-0.05, 0) is 88.4 Å². The van der Waals surface area contributed by atoms with Crippen LogP contribution in [0.2, 0.25) is 0 Å². The average Bonchev–Trinajstić information content (AvgIpc) is 2.71. The predicted molar refractivity (Wildman–Crippen MR) is 125 cm³/mol. The van der Waals surface area contributed by atoms with Crippen LogP contribution in [-0.4, -0.2) is 17.2 Å². The first kappa shape index (κ1) is 23.0. The normalized spacial score (nSPS) is 11.0. The number of hydrogen-bond acceptors (Lipinski definition) is 4. The Morgan fingerprint density at radius 1 is 1.13 bits per heavy atom. The van der Waals surface area contributed by atoms with Crippen molar-refractivity contribution in [3.63, 3.8) is 0 Å². The Morgan fingerprint density at radius 3 is 2.42 bits per heavy atom. The van der Waals surface area contributed by atoms with E-state index in [9.17, 15) is 14.3 Å². The van der Waals surface area contributed by atoms with Gasteiger partial charge in [0.2, 0.25) is 0 Å². The van der Waals surface area contributed by atoms with Gasteiger partial charge >= 0.3 is 0 Å². The van der Waals surface area contributed by atoms with Gasteiger partial charge in [0.15, 0.2) is 0 Å². The summed E-state index contributed by atoms with van der Waals surface area (Å²) in [6.45, 7) is 4.16. The first-order chi connectivity index (χ1) is 14.7. The number of carbonyl (C=O) groups excluding carboxylic acids is 1. The molecule has 2 N–H and O–H groups in total. The number of phenols is 1. The molecule has 1 amide bonds. The highest BCUT2D eigenvalue weighted by molar-refractivity contribution is 9.11. The number of aromatic hydroxyl groups is 1. The van der Waals surface area contributed by atoms with Gasteiger partial charge in [0.1, 0.15) is 23.9 Å². The second-order valence-corrected chi connectivity index (χ2v) is 8.65. The third-order valence-corrected chi connectivity index (χ3v) is 5.49. The van der Waals surface area contributed by atoms with Crippen LogP contribution in [0.1, 0.15) is 32.6 Å². The minimum Gasteiger partial charge on any atom is -0.506 e. The summed E-state index contributed by atoms with van der Waals surface area (Å²) in [5.74, 6) is -0.238. The zero-order chi connectivity index (χ0) is 22.5. The van der Waals surface area contributed by atoms with Crippen molar-refractivity contribution in [2.24, 2.45) is 5.10 Å². The number of aryl methyl sites for hydroxylation is 2. The lowest BCUT2D eigenvalue weighted by molar-refractivity contribution is 0.0952. The highest BCUT2D eigenvalue weighted by Crippen LogP contribution is 2.31. The molecule has 0 aromatic heterocycles. The molecule has 0 bridgehead atoms. The zero-order valence-corrected chi connectivity index (χ0v) is 19.9. The SMILES string of the molecule is Cc1cc(/C=N\NC(=O)c2cc(Br)cc(Br)c2O)cc(C)c1OCc1ccc(F)cc1. The maximum Gasteiger partial charge on any atom is 0.275 e. The number of benzene rings is 3. The summed E-state index contributed by atoms with van der Waals surface area (Å²) in [5, 5.41) is 14.0. The van der Waals surface area contributed by atoms with Crippen molar-refractivity contribution in [3.8, 4) is 11.5 Å². The smallest absolute Gasteiger partial charge is 0.275 e. The molecule has 0 saturated carbocycles. The molecule has 5 nitrogen and oxygen atoms in total. The fourth-order valence-electron chi connectivity index (χ4n) is 2.99. The highest BCUT2D eigenvalue weighted by atomic mass is 79.9. The van der Waals surface area contributed by atoms with Crippen LogP contribution in [0.15, 0.2) is 62.6 Å². The van der Waals surface area contributed by atoms with Gasteiger partial charge in [0.25, 0.3) is 5.91 Å². The summed E-state index contributed by atoms with van der Waals surface area (Å²) in [6, 6.07) is 13.1. The number of ether oxygens (including phenoxy) is 1. The van der Waals surface area contributed by atoms with E-state index in [2.05, 4.69) is 42.4 Å². The summed E-state index contributed by atoms with van der Waals surface area (Å²) >= 11 is 6.48. The second kappa shape index (κ2) is 10.1. The molecule has 0 aliphatic carbocycles. The Morgan fingerprint density at radius 2 is 1.77 bits per heavy atom. The van der Waals surface area contributed by atoms with Crippen LogP contribution in [0.5, 0.6) is 11.5 Å². The van der Waals surface area contributed by atoms with E-state index in [1.807, 2.05) is 26.0 Å². The number of nitrogens with one attached hydrogen (secondary N) is 1. The quantitative estimate of drug-likeness (QED) is 0.292. The van der Waals surface area contributed by atoms with Crippen molar-refractivity contribution >= 4 is 44.0 Å². The fraction of sp³-hybridized carbons (Fsp3) is 0.130. The molecule has 0 fully saturated rings. The number of amides is 1. The van der Waals surface area contributed by atoms with Gasteiger partial charge in [-0.3, -0.25) is 4.79 Å². The number of phenolic OH excluding ortho intramolecular Hbond substituents is 1. The summed E-state index contributed by atoms with van der Waals surface area (Å²) in [6.07, 6.45) is 1.52. The maximum absolute atomic E-state index is 13.0. The van der Waals surface area contributed by atoms with Gasteiger partial charge in [-0.15, -0.1) is 0 Å². The minimum atomic E-state index is -0.538. The van der Waals surface area contributed by atoms with Crippen LogP contribution >= 0.6 is 31.9 Å². The fourth-order valence-corrected chi connectivity index (χ4v) is 4.21. The third kappa shape index (κ3) is 5.92. The summed E-state index contributed by atoms with van der Waals surface area (Å²) in [5.41, 5.74) is 5.97. The predicted octanol–water partition coefficient (Wildman–Crippen LogP) is 6.02. The monoisotopic (exact) mass is 548 g/mol. The molecule has 0 aliphatic rings. The molecule has 0 spiro atoms. The van der Waals surface area contributed by atoms with Crippen molar-refractivity contribution < 1.29 is 19.0 Å². The van der Waals surface area contributed by atoms with E-state index in [1.54, 1.807) is 18.2 Å². The minimum absolute atomic E-state index is 0.0929. The van der Waals surface area contributed by atoms with Crippen molar-refractivity contribution in [2.45, 2.75) is 20.5 Å². The summed E-state index contributed by atoms with van der Waals surface area (Å²) in [7, 11) is 0. The molecule has 8 heteroatoms. The number of carbonyl (C=O) groups is 1. The Hall–Kier alpha value is -2.71. The lowest BCUT2D eigenvalue weighted by Crippen LogP contribution is -2.18. The molecule has 0 unspecified atom stereocenters. The molecule has 3 aromatic rings. The summed E-state index contributed by atoms with van der Waals surface area (Å²) < 4.78 is 20.0. The largest absolute Gasteiger partial charge is 0.506 e. The van der Waals surface area contributed by atoms with Crippen molar-refractivity contribution in [1.29, 1.82) is 0 Å². The average molecular weight is 550 g/mol. The number of nitrogens with zero attached hydrogens (tertiary/aromatic N) is 1. The molecule has 0 saturated heterocycles. The van der Waals surface area contributed by atoms with Crippen LogP contribution in [0.25, 0.3) is 0 Å². The number of hydrogen-bond donors (Lipinski definition) is 2. The van der Waals surface area contributed by atoms with Gasteiger partial charge < -0.3 is 9.84 Å². The van der Waals surface area contributed by atoms with Crippen LogP contribution in [-0.2, 0) is 6.61 Å². The van der Waals surface area contributed by atoms with Gasteiger partial charge in [0, 0.05) is 4.47 Å². The van der Waals surface area contributed by atoms with E-state index in [1.165, 1.54) is 24.4 Å². The van der Waals surface area contributed by atoms with E-state index < -0.39 is 5.91 Å². The highest BCUT2D eigenvalue weighted by Gasteiger charge is 2.14. The molecular weight excluding hydrogens is 531 g/mol. The van der Waals surface area contributed by atoms with E-state index in [0.29, 0.717) is 15.6 Å². The Kier molecular flexibility index (Phi) is 7.46. The molecule has 3 rings (SSSR count). The van der Waals surface area contributed by atoms with Crippen LogP contribution in [0.3, 0.4) is 0 Å². The van der Waals surface area contributed by atoms with E-state index in [4.69, 9.17) is 4.74 Å². The molecular formula is C23H19Br2FN2O3. The van der Waals surface area contributed by atoms with Crippen LogP contribution in [0.4, 0.5) is 4.39 Å². The number of halogens is 3. The molecule has 31 heavy (non-hydrogen) atoms. The molecule has 0 atom stereocenters. The molecule has 0 aliphatic heterocycles. The van der Waals surface area contributed by atoms with Gasteiger partial charge in [-0.1, -0.05) is 28.1 Å². The molecule has 0 radical (unpaired) electrons. The lowest BCUT2D eigenvalue weighted by Gasteiger charge is -2.13. The Bertz CT molecular complexity index is 1130. The first-order valence-corrected chi connectivity index (χ1v) is 10.8. The van der Waals surface area contributed by atoms with Crippen molar-refractivity contribution in [3.05, 3.63) is 91.1 Å². The molecule has 0 heterocycles. The van der Waals surface area contributed by atoms with Gasteiger partial charge in [0.05, 0.1) is 16.3 Å². The van der Waals surface area contributed by atoms with E-state index >= 15 is 0 Å². The van der Waals surface area contributed by atoms with Crippen LogP contribution in [0, 0.1) is 19.7 Å².